The maximum absolute atomic E-state index is 11.2. The van der Waals surface area contributed by atoms with Crippen LogP contribution < -0.4 is 0 Å². The fourth-order valence-corrected chi connectivity index (χ4v) is 1.07. The van der Waals surface area contributed by atoms with E-state index in [-0.39, 0.29) is 29.3 Å². The van der Waals surface area contributed by atoms with E-state index in [9.17, 15) is 14.4 Å². The van der Waals surface area contributed by atoms with Crippen LogP contribution in [-0.4, -0.2) is 17.3 Å². The molecule has 0 radical (unpaired) electrons. The van der Waals surface area contributed by atoms with Crippen LogP contribution in [0.2, 0.25) is 0 Å². The number of allylic oxidation sites excluding steroid dienone is 4. The van der Waals surface area contributed by atoms with Crippen molar-refractivity contribution >= 4 is 17.3 Å². The van der Waals surface area contributed by atoms with Gasteiger partial charge in [-0.3, -0.25) is 14.4 Å². The molecule has 0 aromatic rings. The lowest BCUT2D eigenvalue weighted by molar-refractivity contribution is -0.121. The molecule has 0 heterocycles. The smallest absolute Gasteiger partial charge is 0.189 e. The van der Waals surface area contributed by atoms with Crippen LogP contribution >= 0.6 is 0 Å². The summed E-state index contributed by atoms with van der Waals surface area (Å²) in [7, 11) is 0. The molecule has 3 heteroatoms. The lowest BCUT2D eigenvalue weighted by atomic mass is 9.94. The Labute approximate surface area is 76.1 Å². The van der Waals surface area contributed by atoms with E-state index in [0.717, 1.165) is 6.08 Å². The number of carbonyl (C=O) groups is 3. The molecule has 1 rings (SSSR count). The van der Waals surface area contributed by atoms with Crippen molar-refractivity contribution in [1.29, 1.82) is 0 Å². The van der Waals surface area contributed by atoms with Gasteiger partial charge in [-0.25, -0.2) is 0 Å². The van der Waals surface area contributed by atoms with Gasteiger partial charge < -0.3 is 0 Å². The van der Waals surface area contributed by atoms with Gasteiger partial charge in [0, 0.05) is 18.1 Å². The van der Waals surface area contributed by atoms with E-state index < -0.39 is 0 Å². The molecule has 0 aromatic heterocycles. The van der Waals surface area contributed by atoms with E-state index in [4.69, 9.17) is 0 Å². The van der Waals surface area contributed by atoms with Gasteiger partial charge in [0.2, 0.25) is 0 Å². The molecule has 1 aliphatic carbocycles. The van der Waals surface area contributed by atoms with Crippen LogP contribution in [0.1, 0.15) is 20.3 Å². The van der Waals surface area contributed by atoms with Crippen LogP contribution in [0.15, 0.2) is 23.3 Å². The molecular formula is C10H10O3. The Balaban J connectivity index is 3.03. The number of ketones is 3. The Bertz CT molecular complexity index is 345. The molecule has 0 unspecified atom stereocenters. The van der Waals surface area contributed by atoms with Crippen LogP contribution in [0, 0.1) is 0 Å². The molecule has 0 aliphatic heterocycles. The van der Waals surface area contributed by atoms with Gasteiger partial charge in [-0.15, -0.1) is 0 Å². The van der Waals surface area contributed by atoms with Gasteiger partial charge in [0.1, 0.15) is 0 Å². The highest BCUT2D eigenvalue weighted by molar-refractivity contribution is 6.31. The molecule has 13 heavy (non-hydrogen) atoms. The third-order valence-electron chi connectivity index (χ3n) is 1.90. The third kappa shape index (κ3) is 1.80. The summed E-state index contributed by atoms with van der Waals surface area (Å²) in [6, 6.07) is 0. The summed E-state index contributed by atoms with van der Waals surface area (Å²) in [6.45, 7) is 3.22. The number of hydrogen-bond donors (Lipinski definition) is 0. The van der Waals surface area contributed by atoms with Crippen LogP contribution in [-0.2, 0) is 14.4 Å². The number of Topliss-reactive ketones (excluding diaryl/α,β-unsaturated/α-hetero) is 1. The average molecular weight is 178 g/mol. The van der Waals surface area contributed by atoms with Crippen LogP contribution in [0.4, 0.5) is 0 Å². The van der Waals surface area contributed by atoms with Crippen molar-refractivity contribution in [3.8, 4) is 0 Å². The molecule has 1 aliphatic rings. The second kappa shape index (κ2) is 3.47. The maximum atomic E-state index is 11.2. The van der Waals surface area contributed by atoms with Crippen LogP contribution in [0.3, 0.4) is 0 Å². The first kappa shape index (κ1) is 9.58. The van der Waals surface area contributed by atoms with Crippen LogP contribution in [0.5, 0.6) is 0 Å². The van der Waals surface area contributed by atoms with Crippen molar-refractivity contribution in [3.05, 3.63) is 23.3 Å². The number of carbonyl (C=O) groups excluding carboxylic acids is 3. The normalized spacial score (nSPS) is 16.8. The molecule has 0 spiro atoms. The van der Waals surface area contributed by atoms with Crippen molar-refractivity contribution in [2.45, 2.75) is 20.3 Å². The fourth-order valence-electron chi connectivity index (χ4n) is 1.07. The zero-order chi connectivity index (χ0) is 10.0. The molecule has 3 nitrogen and oxygen atoms in total. The SMILES string of the molecule is CCC(=O)C1=CC(=O)C(C)=CC1=O. The van der Waals surface area contributed by atoms with Crippen molar-refractivity contribution in [2.75, 3.05) is 0 Å². The Morgan fingerprint density at radius 1 is 1.23 bits per heavy atom. The van der Waals surface area contributed by atoms with Crippen molar-refractivity contribution in [2.24, 2.45) is 0 Å². The quantitative estimate of drug-likeness (QED) is 0.468. The summed E-state index contributed by atoms with van der Waals surface area (Å²) in [5.74, 6) is -0.887. The minimum Gasteiger partial charge on any atom is -0.294 e. The number of hydrogen-bond acceptors (Lipinski definition) is 3. The summed E-state index contributed by atoms with van der Waals surface area (Å²) < 4.78 is 0. The van der Waals surface area contributed by atoms with E-state index in [1.807, 2.05) is 0 Å². The summed E-state index contributed by atoms with van der Waals surface area (Å²) in [4.78, 5) is 33.5. The zero-order valence-electron chi connectivity index (χ0n) is 7.59. The Morgan fingerprint density at radius 2 is 1.85 bits per heavy atom. The second-order valence-electron chi connectivity index (χ2n) is 2.89. The maximum Gasteiger partial charge on any atom is 0.189 e. The van der Waals surface area contributed by atoms with Gasteiger partial charge in [-0.1, -0.05) is 6.92 Å². The van der Waals surface area contributed by atoms with Crippen LogP contribution in [0.25, 0.3) is 0 Å². The first-order chi connectivity index (χ1) is 6.06. The number of rotatable bonds is 2. The molecule has 68 valence electrons. The van der Waals surface area contributed by atoms with E-state index in [2.05, 4.69) is 0 Å². The highest BCUT2D eigenvalue weighted by Crippen LogP contribution is 2.12. The van der Waals surface area contributed by atoms with Gasteiger partial charge in [0.05, 0.1) is 5.57 Å². The minimum absolute atomic E-state index is 0.0121. The van der Waals surface area contributed by atoms with E-state index in [0.29, 0.717) is 5.57 Å². The molecule has 0 amide bonds. The average Bonchev–Trinajstić information content (AvgIpc) is 2.10. The summed E-state index contributed by atoms with van der Waals surface area (Å²) >= 11 is 0. The van der Waals surface area contributed by atoms with E-state index in [1.54, 1.807) is 13.8 Å². The van der Waals surface area contributed by atoms with Crippen molar-refractivity contribution in [1.82, 2.24) is 0 Å². The van der Waals surface area contributed by atoms with E-state index in [1.165, 1.54) is 6.08 Å². The predicted molar refractivity (Wildman–Crippen MR) is 47.2 cm³/mol. The standard InChI is InChI=1S/C10H10O3/c1-3-8(11)7-5-9(12)6(2)4-10(7)13/h4-5H,3H2,1-2H3. The molecule has 0 N–H and O–H groups in total. The Kier molecular flexibility index (Phi) is 2.56. The van der Waals surface area contributed by atoms with Crippen molar-refractivity contribution < 1.29 is 14.4 Å². The third-order valence-corrected chi connectivity index (χ3v) is 1.90. The monoisotopic (exact) mass is 178 g/mol. The zero-order valence-corrected chi connectivity index (χ0v) is 7.59. The molecule has 0 aromatic carbocycles. The van der Waals surface area contributed by atoms with Gasteiger partial charge >= 0.3 is 0 Å². The summed E-state index contributed by atoms with van der Waals surface area (Å²) in [5, 5.41) is 0. The largest absolute Gasteiger partial charge is 0.294 e. The minimum atomic E-state index is -0.357. The molecule has 0 saturated carbocycles. The molecule has 0 fully saturated rings. The Morgan fingerprint density at radius 3 is 2.38 bits per heavy atom. The summed E-state index contributed by atoms with van der Waals surface area (Å²) in [5.41, 5.74) is 0.399. The van der Waals surface area contributed by atoms with Crippen molar-refractivity contribution in [3.63, 3.8) is 0 Å². The molecular weight excluding hydrogens is 168 g/mol. The second-order valence-corrected chi connectivity index (χ2v) is 2.89. The fraction of sp³-hybridized carbons (Fsp3) is 0.300. The Hall–Kier alpha value is -1.51. The van der Waals surface area contributed by atoms with Gasteiger partial charge in [0.15, 0.2) is 17.3 Å². The first-order valence-electron chi connectivity index (χ1n) is 4.08. The lowest BCUT2D eigenvalue weighted by Gasteiger charge is -2.06. The topological polar surface area (TPSA) is 51.2 Å². The van der Waals surface area contributed by atoms with Gasteiger partial charge in [-0.05, 0) is 13.0 Å². The highest BCUT2D eigenvalue weighted by atomic mass is 16.2. The summed E-state index contributed by atoms with van der Waals surface area (Å²) in [6.07, 6.45) is 2.59. The van der Waals surface area contributed by atoms with E-state index >= 15 is 0 Å². The molecule has 0 saturated heterocycles. The first-order valence-corrected chi connectivity index (χ1v) is 4.08. The lowest BCUT2D eigenvalue weighted by Crippen LogP contribution is -2.17. The molecule has 0 bridgehead atoms. The van der Waals surface area contributed by atoms with Gasteiger partial charge in [-0.2, -0.15) is 0 Å². The van der Waals surface area contributed by atoms with Gasteiger partial charge in [0.25, 0.3) is 0 Å². The highest BCUT2D eigenvalue weighted by Gasteiger charge is 2.21. The molecule has 0 atom stereocenters. The predicted octanol–water partition coefficient (Wildman–Crippen LogP) is 0.990.